The van der Waals surface area contributed by atoms with Gasteiger partial charge >= 0.3 is 0 Å². The van der Waals surface area contributed by atoms with Crippen LogP contribution in [0.25, 0.3) is 11.1 Å². The molecular weight excluding hydrogens is 348 g/mol. The first-order chi connectivity index (χ1) is 13.8. The Kier molecular flexibility index (Phi) is 5.73. The van der Waals surface area contributed by atoms with E-state index in [2.05, 4.69) is 50.5 Å². The molecule has 5 heteroatoms. The van der Waals surface area contributed by atoms with Gasteiger partial charge in [0.05, 0.1) is 5.92 Å². The van der Waals surface area contributed by atoms with Crippen LogP contribution in [0.2, 0.25) is 0 Å². The molecule has 1 unspecified atom stereocenters. The van der Waals surface area contributed by atoms with E-state index in [9.17, 15) is 4.79 Å². The summed E-state index contributed by atoms with van der Waals surface area (Å²) in [5.41, 5.74) is 4.62. The van der Waals surface area contributed by atoms with E-state index in [1.807, 2.05) is 36.8 Å². The lowest BCUT2D eigenvalue weighted by molar-refractivity contribution is -0.124. The summed E-state index contributed by atoms with van der Waals surface area (Å²) in [7, 11) is 0. The first-order valence-electron chi connectivity index (χ1n) is 9.66. The molecule has 0 radical (unpaired) electrons. The smallest absolute Gasteiger partial charge is 0.224 e. The van der Waals surface area contributed by atoms with E-state index in [1.54, 1.807) is 6.20 Å². The van der Waals surface area contributed by atoms with Crippen LogP contribution in [0.4, 0.5) is 0 Å². The summed E-state index contributed by atoms with van der Waals surface area (Å²) in [5, 5.41) is 3.07. The maximum atomic E-state index is 12.6. The molecule has 1 atom stereocenters. The molecule has 1 N–H and O–H groups in total. The topological polar surface area (TPSA) is 58.1 Å². The second-order valence-corrected chi connectivity index (χ2v) is 7.22. The first kappa shape index (κ1) is 18.3. The van der Waals surface area contributed by atoms with Crippen molar-refractivity contribution in [1.82, 2.24) is 20.2 Å². The van der Waals surface area contributed by atoms with Crippen molar-refractivity contribution in [3.8, 4) is 11.1 Å². The largest absolute Gasteiger partial charge is 0.355 e. The number of nitrogens with zero attached hydrogens (tertiary/aromatic N) is 3. The summed E-state index contributed by atoms with van der Waals surface area (Å²) in [4.78, 5) is 23.3. The molecule has 0 aliphatic carbocycles. The van der Waals surface area contributed by atoms with E-state index < -0.39 is 0 Å². The number of carbonyl (C=O) groups excluding carboxylic acids is 1. The second-order valence-electron chi connectivity index (χ2n) is 7.22. The van der Waals surface area contributed by atoms with Gasteiger partial charge in [-0.05, 0) is 46.9 Å². The van der Waals surface area contributed by atoms with Gasteiger partial charge in [0.1, 0.15) is 0 Å². The van der Waals surface area contributed by atoms with Gasteiger partial charge in [-0.1, -0.05) is 30.3 Å². The Morgan fingerprint density at radius 2 is 1.82 bits per heavy atom. The molecule has 1 aliphatic rings. The van der Waals surface area contributed by atoms with Gasteiger partial charge in [-0.2, -0.15) is 0 Å². The maximum absolute atomic E-state index is 12.6. The minimum Gasteiger partial charge on any atom is -0.355 e. The molecule has 3 aromatic rings. The van der Waals surface area contributed by atoms with Gasteiger partial charge in [0, 0.05) is 51.0 Å². The van der Waals surface area contributed by atoms with Crippen molar-refractivity contribution in [2.45, 2.75) is 13.0 Å². The molecule has 0 spiro atoms. The van der Waals surface area contributed by atoms with Crippen molar-refractivity contribution in [3.63, 3.8) is 0 Å². The Labute approximate surface area is 165 Å². The molecular formula is C23H24N4O. The molecule has 1 saturated heterocycles. The Morgan fingerprint density at radius 3 is 2.64 bits per heavy atom. The molecule has 1 fully saturated rings. The normalized spacial score (nSPS) is 17.7. The molecule has 28 heavy (non-hydrogen) atoms. The quantitative estimate of drug-likeness (QED) is 0.748. The second kappa shape index (κ2) is 8.76. The van der Waals surface area contributed by atoms with Crippen LogP contribution >= 0.6 is 0 Å². The Hall–Kier alpha value is -3.05. The highest BCUT2D eigenvalue weighted by atomic mass is 16.1. The van der Waals surface area contributed by atoms with Gasteiger partial charge < -0.3 is 5.32 Å². The standard InChI is InChI=1S/C23H24N4O/c28-23-22(17-27(12-11-26-23)16-18-6-9-24-10-7-18)14-19-3-1-4-20(13-19)21-5-2-8-25-15-21/h1-10,13,15,22H,11-12,14,16-17H2,(H,26,28). The molecule has 1 aliphatic heterocycles. The van der Waals surface area contributed by atoms with Crippen LogP contribution in [0.15, 0.2) is 73.3 Å². The van der Waals surface area contributed by atoms with E-state index in [0.717, 1.165) is 37.2 Å². The lowest BCUT2D eigenvalue weighted by Crippen LogP contribution is -2.33. The predicted octanol–water partition coefficient (Wildman–Crippen LogP) is 2.93. The number of rotatable bonds is 5. The number of hydrogen-bond donors (Lipinski definition) is 1. The maximum Gasteiger partial charge on any atom is 0.224 e. The number of pyridine rings is 2. The minimum atomic E-state index is -0.0616. The molecule has 0 saturated carbocycles. The molecule has 2 aromatic heterocycles. The Morgan fingerprint density at radius 1 is 0.964 bits per heavy atom. The van der Waals surface area contributed by atoms with Gasteiger partial charge in [0.2, 0.25) is 5.91 Å². The highest BCUT2D eigenvalue weighted by molar-refractivity contribution is 5.79. The van der Waals surface area contributed by atoms with Gasteiger partial charge in [0.25, 0.3) is 0 Å². The van der Waals surface area contributed by atoms with Crippen LogP contribution in [0.1, 0.15) is 11.1 Å². The summed E-state index contributed by atoms with van der Waals surface area (Å²) >= 11 is 0. The van der Waals surface area contributed by atoms with Crippen molar-refractivity contribution in [2.24, 2.45) is 5.92 Å². The first-order valence-corrected chi connectivity index (χ1v) is 9.66. The average molecular weight is 372 g/mol. The number of nitrogens with one attached hydrogen (secondary N) is 1. The third-order valence-corrected chi connectivity index (χ3v) is 5.14. The number of carbonyl (C=O) groups is 1. The van der Waals surface area contributed by atoms with Gasteiger partial charge in [-0.15, -0.1) is 0 Å². The molecule has 3 heterocycles. The summed E-state index contributed by atoms with van der Waals surface area (Å²) in [6, 6.07) is 16.5. The van der Waals surface area contributed by atoms with Crippen LogP contribution in [0, 0.1) is 5.92 Å². The number of amides is 1. The van der Waals surface area contributed by atoms with Gasteiger partial charge in [-0.3, -0.25) is 19.7 Å². The van der Waals surface area contributed by atoms with Crippen molar-refractivity contribution in [1.29, 1.82) is 0 Å². The lowest BCUT2D eigenvalue weighted by atomic mass is 9.95. The fourth-order valence-corrected chi connectivity index (χ4v) is 3.71. The monoisotopic (exact) mass is 372 g/mol. The fraction of sp³-hybridized carbons (Fsp3) is 0.261. The summed E-state index contributed by atoms with van der Waals surface area (Å²) in [6.07, 6.45) is 8.01. The van der Waals surface area contributed by atoms with Crippen LogP contribution in [-0.2, 0) is 17.8 Å². The summed E-state index contributed by atoms with van der Waals surface area (Å²) in [6.45, 7) is 3.14. The van der Waals surface area contributed by atoms with Gasteiger partial charge in [0.15, 0.2) is 0 Å². The van der Waals surface area contributed by atoms with Crippen LogP contribution < -0.4 is 5.32 Å². The number of hydrogen-bond acceptors (Lipinski definition) is 4. The third-order valence-electron chi connectivity index (χ3n) is 5.14. The van der Waals surface area contributed by atoms with E-state index in [4.69, 9.17) is 0 Å². The lowest BCUT2D eigenvalue weighted by Gasteiger charge is -2.23. The van der Waals surface area contributed by atoms with E-state index in [-0.39, 0.29) is 11.8 Å². The Bertz CT molecular complexity index is 914. The average Bonchev–Trinajstić information content (AvgIpc) is 2.91. The highest BCUT2D eigenvalue weighted by Gasteiger charge is 2.25. The predicted molar refractivity (Wildman–Crippen MR) is 109 cm³/mol. The molecule has 142 valence electrons. The van der Waals surface area contributed by atoms with Crippen LogP contribution in [0.3, 0.4) is 0 Å². The van der Waals surface area contributed by atoms with Gasteiger partial charge in [-0.25, -0.2) is 0 Å². The number of benzene rings is 1. The highest BCUT2D eigenvalue weighted by Crippen LogP contribution is 2.22. The van der Waals surface area contributed by atoms with Crippen molar-refractivity contribution in [2.75, 3.05) is 19.6 Å². The zero-order valence-corrected chi connectivity index (χ0v) is 15.8. The molecule has 0 bridgehead atoms. The van der Waals surface area contributed by atoms with Crippen molar-refractivity contribution < 1.29 is 4.79 Å². The van der Waals surface area contributed by atoms with Crippen LogP contribution in [0.5, 0.6) is 0 Å². The zero-order chi connectivity index (χ0) is 19.2. The SMILES string of the molecule is O=C1NCCN(Cc2ccncc2)CC1Cc1cccc(-c2cccnc2)c1. The molecule has 4 rings (SSSR count). The van der Waals surface area contributed by atoms with E-state index in [0.29, 0.717) is 6.54 Å². The van der Waals surface area contributed by atoms with Crippen molar-refractivity contribution in [3.05, 3.63) is 84.4 Å². The molecule has 1 amide bonds. The number of aromatic nitrogens is 2. The minimum absolute atomic E-state index is 0.0616. The van der Waals surface area contributed by atoms with Crippen LogP contribution in [-0.4, -0.2) is 40.4 Å². The molecule has 1 aromatic carbocycles. The Balaban J connectivity index is 1.48. The third kappa shape index (κ3) is 4.61. The summed E-state index contributed by atoms with van der Waals surface area (Å²) in [5.74, 6) is 0.0810. The fourth-order valence-electron chi connectivity index (χ4n) is 3.71. The van der Waals surface area contributed by atoms with E-state index in [1.165, 1.54) is 11.1 Å². The van der Waals surface area contributed by atoms with Crippen molar-refractivity contribution >= 4 is 5.91 Å². The molecule has 5 nitrogen and oxygen atoms in total. The van der Waals surface area contributed by atoms with E-state index >= 15 is 0 Å². The summed E-state index contributed by atoms with van der Waals surface area (Å²) < 4.78 is 0. The zero-order valence-electron chi connectivity index (χ0n) is 15.8.